The Morgan fingerprint density at radius 1 is 1.22 bits per heavy atom. The zero-order chi connectivity index (χ0) is 19.8. The van der Waals surface area contributed by atoms with Gasteiger partial charge in [-0.2, -0.15) is 4.99 Å². The summed E-state index contributed by atoms with van der Waals surface area (Å²) in [5, 5.41) is 2.85. The Morgan fingerprint density at radius 2 is 1.89 bits per heavy atom. The summed E-state index contributed by atoms with van der Waals surface area (Å²) in [4.78, 5) is 33.8. The van der Waals surface area contributed by atoms with E-state index in [1.807, 2.05) is 0 Å². The summed E-state index contributed by atoms with van der Waals surface area (Å²) in [7, 11) is 3.05. The number of benzene rings is 1. The first-order chi connectivity index (χ1) is 12.9. The fourth-order valence-corrected chi connectivity index (χ4v) is 2.17. The molecule has 0 aliphatic heterocycles. The SMILES string of the molecule is CCOC(=O)Cc1cc(=O)[nH]c(N=C(N)Nc2cc(OC)cc(OC)c2)n1. The Labute approximate surface area is 155 Å². The number of carbonyl (C=O) groups excluding carboxylic acids is 1. The average molecular weight is 375 g/mol. The zero-order valence-corrected chi connectivity index (χ0v) is 15.2. The van der Waals surface area contributed by atoms with Gasteiger partial charge in [-0.15, -0.1) is 0 Å². The number of nitrogens with zero attached hydrogens (tertiary/aromatic N) is 2. The molecule has 1 aromatic heterocycles. The molecular weight excluding hydrogens is 354 g/mol. The molecule has 0 aliphatic rings. The van der Waals surface area contributed by atoms with Gasteiger partial charge in [0, 0.05) is 30.0 Å². The van der Waals surface area contributed by atoms with E-state index in [1.165, 1.54) is 20.3 Å². The molecule has 27 heavy (non-hydrogen) atoms. The molecule has 1 aromatic carbocycles. The summed E-state index contributed by atoms with van der Waals surface area (Å²) in [5.41, 5.74) is 6.21. The zero-order valence-electron chi connectivity index (χ0n) is 15.2. The minimum absolute atomic E-state index is 0.0262. The fraction of sp³-hybridized carbons (Fsp3) is 0.294. The van der Waals surface area contributed by atoms with Crippen molar-refractivity contribution in [3.05, 3.63) is 40.3 Å². The summed E-state index contributed by atoms with van der Waals surface area (Å²) < 4.78 is 15.2. The van der Waals surface area contributed by atoms with E-state index < -0.39 is 11.5 Å². The third-order valence-electron chi connectivity index (χ3n) is 3.26. The average Bonchev–Trinajstić information content (AvgIpc) is 2.60. The molecule has 0 amide bonds. The number of hydrogen-bond acceptors (Lipinski definition) is 7. The van der Waals surface area contributed by atoms with E-state index in [9.17, 15) is 9.59 Å². The van der Waals surface area contributed by atoms with Crippen LogP contribution in [0, 0.1) is 0 Å². The molecule has 10 heteroatoms. The van der Waals surface area contributed by atoms with E-state index in [4.69, 9.17) is 19.9 Å². The molecule has 2 aromatic rings. The van der Waals surface area contributed by atoms with Crippen LogP contribution < -0.4 is 26.1 Å². The molecular formula is C17H21N5O5. The van der Waals surface area contributed by atoms with Gasteiger partial charge >= 0.3 is 5.97 Å². The highest BCUT2D eigenvalue weighted by Gasteiger charge is 2.09. The highest BCUT2D eigenvalue weighted by Crippen LogP contribution is 2.25. The van der Waals surface area contributed by atoms with Gasteiger partial charge in [-0.1, -0.05) is 0 Å². The Bertz CT molecular complexity index is 871. The van der Waals surface area contributed by atoms with Crippen molar-refractivity contribution in [1.29, 1.82) is 0 Å². The molecule has 2 rings (SSSR count). The maximum absolute atomic E-state index is 11.7. The molecule has 0 unspecified atom stereocenters. The minimum Gasteiger partial charge on any atom is -0.497 e. The number of esters is 1. The normalized spacial score (nSPS) is 11.0. The molecule has 4 N–H and O–H groups in total. The van der Waals surface area contributed by atoms with Gasteiger partial charge in [0.05, 0.1) is 32.9 Å². The molecule has 0 aliphatic carbocycles. The highest BCUT2D eigenvalue weighted by atomic mass is 16.5. The van der Waals surface area contributed by atoms with Crippen molar-refractivity contribution >= 4 is 23.6 Å². The molecule has 0 fully saturated rings. The first kappa shape index (κ1) is 19.8. The van der Waals surface area contributed by atoms with Gasteiger partial charge in [0.15, 0.2) is 0 Å². The summed E-state index contributed by atoms with van der Waals surface area (Å²) in [5.74, 6) is 0.573. The number of rotatable bonds is 7. The lowest BCUT2D eigenvalue weighted by Gasteiger charge is -2.10. The quantitative estimate of drug-likeness (QED) is 0.369. The second kappa shape index (κ2) is 9.22. The van der Waals surface area contributed by atoms with Crippen LogP contribution in [0.15, 0.2) is 34.1 Å². The van der Waals surface area contributed by atoms with Gasteiger partial charge in [-0.3, -0.25) is 14.6 Å². The molecule has 0 atom stereocenters. The van der Waals surface area contributed by atoms with Crippen molar-refractivity contribution in [3.8, 4) is 11.5 Å². The van der Waals surface area contributed by atoms with Crippen molar-refractivity contribution in [2.45, 2.75) is 13.3 Å². The molecule has 0 spiro atoms. The van der Waals surface area contributed by atoms with Crippen molar-refractivity contribution in [3.63, 3.8) is 0 Å². The molecule has 144 valence electrons. The summed E-state index contributed by atoms with van der Waals surface area (Å²) in [6, 6.07) is 6.29. The molecule has 0 saturated heterocycles. The van der Waals surface area contributed by atoms with Gasteiger partial charge in [0.2, 0.25) is 11.9 Å². The van der Waals surface area contributed by atoms with Crippen LogP contribution in [0.5, 0.6) is 11.5 Å². The fourth-order valence-electron chi connectivity index (χ4n) is 2.17. The number of aromatic amines is 1. The number of guanidine groups is 1. The highest BCUT2D eigenvalue weighted by molar-refractivity contribution is 5.93. The predicted molar refractivity (Wildman–Crippen MR) is 99.6 cm³/mol. The Morgan fingerprint density at radius 3 is 2.48 bits per heavy atom. The number of anilines is 1. The van der Waals surface area contributed by atoms with Crippen molar-refractivity contribution in [2.24, 2.45) is 10.7 Å². The largest absolute Gasteiger partial charge is 0.497 e. The van der Waals surface area contributed by atoms with Gasteiger partial charge in [-0.05, 0) is 6.92 Å². The number of methoxy groups -OCH3 is 2. The number of nitrogens with one attached hydrogen (secondary N) is 2. The van der Waals surface area contributed by atoms with Crippen LogP contribution in [0.4, 0.5) is 11.6 Å². The Balaban J connectivity index is 2.21. The van der Waals surface area contributed by atoms with E-state index >= 15 is 0 Å². The summed E-state index contributed by atoms with van der Waals surface area (Å²) in [6.07, 6.45) is -0.138. The number of aromatic nitrogens is 2. The van der Waals surface area contributed by atoms with E-state index in [0.717, 1.165) is 0 Å². The number of H-pyrrole nitrogens is 1. The summed E-state index contributed by atoms with van der Waals surface area (Å²) >= 11 is 0. The number of ether oxygens (including phenoxy) is 3. The van der Waals surface area contributed by atoms with E-state index in [2.05, 4.69) is 20.3 Å². The van der Waals surface area contributed by atoms with Crippen molar-refractivity contribution in [2.75, 3.05) is 26.1 Å². The number of hydrogen-bond donors (Lipinski definition) is 3. The molecule has 10 nitrogen and oxygen atoms in total. The number of nitrogens with two attached hydrogens (primary N) is 1. The molecule has 0 saturated carbocycles. The first-order valence-electron chi connectivity index (χ1n) is 8.03. The van der Waals surface area contributed by atoms with Crippen LogP contribution in [-0.4, -0.2) is 42.7 Å². The molecule has 0 radical (unpaired) electrons. The summed E-state index contributed by atoms with van der Waals surface area (Å²) in [6.45, 7) is 1.94. The third kappa shape index (κ3) is 6.03. The van der Waals surface area contributed by atoms with Gasteiger partial charge in [-0.25, -0.2) is 4.98 Å². The second-order valence-corrected chi connectivity index (χ2v) is 5.27. The van der Waals surface area contributed by atoms with E-state index in [1.54, 1.807) is 25.1 Å². The lowest BCUT2D eigenvalue weighted by Crippen LogP contribution is -2.23. The van der Waals surface area contributed by atoms with Crippen LogP contribution >= 0.6 is 0 Å². The van der Waals surface area contributed by atoms with E-state index in [0.29, 0.717) is 17.2 Å². The molecule has 1 heterocycles. The van der Waals surface area contributed by atoms with Gasteiger partial charge in [0.1, 0.15) is 11.5 Å². The second-order valence-electron chi connectivity index (χ2n) is 5.27. The van der Waals surface area contributed by atoms with Crippen LogP contribution in [-0.2, 0) is 16.0 Å². The maximum Gasteiger partial charge on any atom is 0.311 e. The van der Waals surface area contributed by atoms with Crippen LogP contribution in [0.1, 0.15) is 12.6 Å². The van der Waals surface area contributed by atoms with Crippen LogP contribution in [0.2, 0.25) is 0 Å². The lowest BCUT2D eigenvalue weighted by atomic mass is 10.3. The molecule has 0 bridgehead atoms. The predicted octanol–water partition coefficient (Wildman–Crippen LogP) is 0.951. The minimum atomic E-state index is -0.486. The van der Waals surface area contributed by atoms with Crippen molar-refractivity contribution in [1.82, 2.24) is 9.97 Å². The lowest BCUT2D eigenvalue weighted by molar-refractivity contribution is -0.142. The van der Waals surface area contributed by atoms with Crippen LogP contribution in [0.3, 0.4) is 0 Å². The topological polar surface area (TPSA) is 141 Å². The number of aliphatic imine (C=N–C) groups is 1. The monoisotopic (exact) mass is 375 g/mol. The van der Waals surface area contributed by atoms with Crippen LogP contribution in [0.25, 0.3) is 0 Å². The smallest absolute Gasteiger partial charge is 0.311 e. The third-order valence-corrected chi connectivity index (χ3v) is 3.26. The first-order valence-corrected chi connectivity index (χ1v) is 8.03. The Kier molecular flexibility index (Phi) is 6.75. The van der Waals surface area contributed by atoms with E-state index in [-0.39, 0.29) is 30.6 Å². The Hall–Kier alpha value is -3.56. The van der Waals surface area contributed by atoms with Gasteiger partial charge < -0.3 is 25.3 Å². The standard InChI is InChI=1S/C17H21N5O5/c1-4-27-15(24)8-11-7-14(23)21-17(20-11)22-16(18)19-10-5-12(25-2)9-13(6-10)26-3/h5-7,9H,4,8H2,1-3H3,(H4,18,19,20,21,22,23). The van der Waals surface area contributed by atoms with Gasteiger partial charge in [0.25, 0.3) is 5.56 Å². The van der Waals surface area contributed by atoms with Crippen molar-refractivity contribution < 1.29 is 19.0 Å². The maximum atomic E-state index is 11.7. The number of carbonyl (C=O) groups is 1.